The number of benzene rings is 1. The van der Waals surface area contributed by atoms with Crippen LogP contribution < -0.4 is 5.73 Å². The minimum atomic E-state index is -3.54. The van der Waals surface area contributed by atoms with Gasteiger partial charge in [0.05, 0.1) is 21.7 Å². The number of fused-ring (bicyclic) bond motifs is 1. The molecule has 1 heterocycles. The average molecular weight is 399 g/mol. The molecule has 0 radical (unpaired) electrons. The standard InChI is InChI=1S/C17H26N4O3S2/c1-4-7-10-21-15-9-8-13(26(23,24)20(5-2)6-3)11-14(15)19-17(21)25-12-16(18)22/h8-9,11H,4-7,10,12H2,1-3H3,(H2,18,22). The number of unbranched alkanes of at least 4 members (excludes halogenated alkanes) is 1. The highest BCUT2D eigenvalue weighted by Crippen LogP contribution is 2.27. The number of imidazole rings is 1. The van der Waals surface area contributed by atoms with Gasteiger partial charge in [0.25, 0.3) is 0 Å². The van der Waals surface area contributed by atoms with E-state index in [9.17, 15) is 13.2 Å². The second kappa shape index (κ2) is 8.88. The van der Waals surface area contributed by atoms with E-state index >= 15 is 0 Å². The van der Waals surface area contributed by atoms with E-state index in [4.69, 9.17) is 5.73 Å². The van der Waals surface area contributed by atoms with Gasteiger partial charge in [0.1, 0.15) is 0 Å². The molecule has 0 unspecified atom stereocenters. The molecule has 144 valence electrons. The van der Waals surface area contributed by atoms with Crippen LogP contribution in [0.25, 0.3) is 11.0 Å². The Morgan fingerprint density at radius 3 is 2.54 bits per heavy atom. The Labute approximate surface area is 159 Å². The molecule has 9 heteroatoms. The second-order valence-corrected chi connectivity index (χ2v) is 8.77. The molecule has 0 aliphatic carbocycles. The average Bonchev–Trinajstić information content (AvgIpc) is 2.95. The molecule has 0 atom stereocenters. The molecule has 0 fully saturated rings. The van der Waals surface area contributed by atoms with Gasteiger partial charge in [-0.25, -0.2) is 13.4 Å². The van der Waals surface area contributed by atoms with Crippen LogP contribution in [0, 0.1) is 0 Å². The molecule has 1 aromatic carbocycles. The van der Waals surface area contributed by atoms with E-state index < -0.39 is 15.9 Å². The summed E-state index contributed by atoms with van der Waals surface area (Å²) in [7, 11) is -3.54. The number of hydrogen-bond acceptors (Lipinski definition) is 5. The van der Waals surface area contributed by atoms with Crippen molar-refractivity contribution >= 4 is 38.7 Å². The molecular formula is C17H26N4O3S2. The molecule has 7 nitrogen and oxygen atoms in total. The van der Waals surface area contributed by atoms with Gasteiger partial charge in [-0.3, -0.25) is 4.79 Å². The molecule has 0 aliphatic heterocycles. The maximum atomic E-state index is 12.7. The lowest BCUT2D eigenvalue weighted by molar-refractivity contribution is -0.115. The van der Waals surface area contributed by atoms with Gasteiger partial charge in [-0.1, -0.05) is 39.0 Å². The lowest BCUT2D eigenvalue weighted by atomic mass is 10.3. The highest BCUT2D eigenvalue weighted by atomic mass is 32.2. The van der Waals surface area contributed by atoms with Crippen molar-refractivity contribution in [1.82, 2.24) is 13.9 Å². The number of carbonyl (C=O) groups excluding carboxylic acids is 1. The summed E-state index contributed by atoms with van der Waals surface area (Å²) in [5, 5.41) is 0.685. The smallest absolute Gasteiger partial charge is 0.243 e. The van der Waals surface area contributed by atoms with Crippen molar-refractivity contribution in [3.63, 3.8) is 0 Å². The fourth-order valence-electron chi connectivity index (χ4n) is 2.74. The molecule has 0 saturated carbocycles. The van der Waals surface area contributed by atoms with E-state index in [2.05, 4.69) is 11.9 Å². The summed E-state index contributed by atoms with van der Waals surface area (Å²) in [6, 6.07) is 5.03. The number of nitrogens with zero attached hydrogens (tertiary/aromatic N) is 3. The van der Waals surface area contributed by atoms with Crippen LogP contribution in [-0.2, 0) is 21.4 Å². The minimum Gasteiger partial charge on any atom is -0.369 e. The van der Waals surface area contributed by atoms with Crippen LogP contribution >= 0.6 is 11.8 Å². The second-order valence-electron chi connectivity index (χ2n) is 5.89. The summed E-state index contributed by atoms with van der Waals surface area (Å²) in [6.45, 7) is 7.33. The summed E-state index contributed by atoms with van der Waals surface area (Å²) >= 11 is 1.28. The maximum absolute atomic E-state index is 12.7. The lowest BCUT2D eigenvalue weighted by Crippen LogP contribution is -2.30. The molecule has 2 N–H and O–H groups in total. The van der Waals surface area contributed by atoms with Crippen molar-refractivity contribution in [2.24, 2.45) is 5.73 Å². The zero-order valence-corrected chi connectivity index (χ0v) is 17.1. The van der Waals surface area contributed by atoms with Gasteiger partial charge in [-0.2, -0.15) is 4.31 Å². The zero-order chi connectivity index (χ0) is 19.3. The number of hydrogen-bond donors (Lipinski definition) is 1. The van der Waals surface area contributed by atoms with Crippen LogP contribution in [0.5, 0.6) is 0 Å². The van der Waals surface area contributed by atoms with E-state index in [1.165, 1.54) is 16.1 Å². The van der Waals surface area contributed by atoms with E-state index in [-0.39, 0.29) is 10.6 Å². The van der Waals surface area contributed by atoms with Crippen molar-refractivity contribution in [3.8, 4) is 0 Å². The Hall–Kier alpha value is -1.58. The third kappa shape index (κ3) is 4.39. The Kier molecular flexibility index (Phi) is 7.08. The molecular weight excluding hydrogens is 372 g/mol. The molecule has 26 heavy (non-hydrogen) atoms. The number of carbonyl (C=O) groups is 1. The number of amides is 1. The maximum Gasteiger partial charge on any atom is 0.243 e. The third-order valence-electron chi connectivity index (χ3n) is 4.11. The van der Waals surface area contributed by atoms with Gasteiger partial charge in [0.2, 0.25) is 15.9 Å². The molecule has 0 bridgehead atoms. The Morgan fingerprint density at radius 1 is 1.27 bits per heavy atom. The monoisotopic (exact) mass is 398 g/mol. The summed E-state index contributed by atoms with van der Waals surface area (Å²) in [4.78, 5) is 15.9. The van der Waals surface area contributed by atoms with Crippen LogP contribution in [-0.4, -0.2) is 47.0 Å². The summed E-state index contributed by atoms with van der Waals surface area (Å²) in [5.74, 6) is -0.269. The van der Waals surface area contributed by atoms with E-state index in [0.29, 0.717) is 23.8 Å². The summed E-state index contributed by atoms with van der Waals surface area (Å²) in [5.41, 5.74) is 6.73. The topological polar surface area (TPSA) is 98.3 Å². The first-order valence-electron chi connectivity index (χ1n) is 8.76. The number of thioether (sulfide) groups is 1. The first-order valence-corrected chi connectivity index (χ1v) is 11.2. The predicted molar refractivity (Wildman–Crippen MR) is 105 cm³/mol. The fraction of sp³-hybridized carbons (Fsp3) is 0.529. The SMILES string of the molecule is CCCCn1c(SCC(N)=O)nc2cc(S(=O)(=O)N(CC)CC)ccc21. The van der Waals surface area contributed by atoms with Crippen LogP contribution in [0.2, 0.25) is 0 Å². The molecule has 0 aliphatic rings. The molecule has 0 saturated heterocycles. The summed E-state index contributed by atoms with van der Waals surface area (Å²) < 4.78 is 28.9. The van der Waals surface area contributed by atoms with Crippen molar-refractivity contribution in [3.05, 3.63) is 18.2 Å². The molecule has 2 aromatic rings. The normalized spacial score (nSPS) is 12.2. The fourth-order valence-corrected chi connectivity index (χ4v) is 5.00. The Balaban J connectivity index is 2.50. The van der Waals surface area contributed by atoms with E-state index in [0.717, 1.165) is 24.9 Å². The van der Waals surface area contributed by atoms with Gasteiger partial charge >= 0.3 is 0 Å². The van der Waals surface area contributed by atoms with Gasteiger partial charge in [-0.15, -0.1) is 0 Å². The number of aryl methyl sites for hydroxylation is 1. The highest BCUT2D eigenvalue weighted by molar-refractivity contribution is 7.99. The molecule has 0 spiro atoms. The Bertz CT molecular complexity index is 874. The summed E-state index contributed by atoms with van der Waals surface area (Å²) in [6.07, 6.45) is 1.99. The van der Waals surface area contributed by atoms with Gasteiger partial charge < -0.3 is 10.3 Å². The van der Waals surface area contributed by atoms with Crippen LogP contribution in [0.15, 0.2) is 28.3 Å². The van der Waals surface area contributed by atoms with Gasteiger partial charge in [0, 0.05) is 19.6 Å². The van der Waals surface area contributed by atoms with Crippen molar-refractivity contribution in [2.75, 3.05) is 18.8 Å². The van der Waals surface area contributed by atoms with Gasteiger partial charge in [-0.05, 0) is 24.6 Å². The van der Waals surface area contributed by atoms with E-state index in [1.807, 2.05) is 18.4 Å². The number of rotatable bonds is 10. The lowest BCUT2D eigenvalue weighted by Gasteiger charge is -2.18. The highest BCUT2D eigenvalue weighted by Gasteiger charge is 2.23. The zero-order valence-electron chi connectivity index (χ0n) is 15.4. The first kappa shape index (κ1) is 20.7. The molecule has 1 aromatic heterocycles. The van der Waals surface area contributed by atoms with Crippen LogP contribution in [0.1, 0.15) is 33.6 Å². The molecule has 2 rings (SSSR count). The van der Waals surface area contributed by atoms with E-state index in [1.54, 1.807) is 18.2 Å². The third-order valence-corrected chi connectivity index (χ3v) is 7.15. The van der Waals surface area contributed by atoms with Gasteiger partial charge in [0.15, 0.2) is 5.16 Å². The first-order chi connectivity index (χ1) is 12.3. The number of nitrogens with two attached hydrogens (primary N) is 1. The van der Waals surface area contributed by atoms with Crippen LogP contribution in [0.3, 0.4) is 0 Å². The largest absolute Gasteiger partial charge is 0.369 e. The predicted octanol–water partition coefficient (Wildman–Crippen LogP) is 2.44. The van der Waals surface area contributed by atoms with Crippen molar-refractivity contribution in [1.29, 1.82) is 0 Å². The van der Waals surface area contributed by atoms with Crippen molar-refractivity contribution < 1.29 is 13.2 Å². The van der Waals surface area contributed by atoms with Crippen molar-refractivity contribution in [2.45, 2.75) is 50.2 Å². The number of primary amides is 1. The number of aromatic nitrogens is 2. The van der Waals surface area contributed by atoms with Crippen LogP contribution in [0.4, 0.5) is 0 Å². The number of sulfonamides is 1. The molecule has 1 amide bonds. The Morgan fingerprint density at radius 2 is 1.96 bits per heavy atom. The minimum absolute atomic E-state index is 0.139. The quantitative estimate of drug-likeness (QED) is 0.620.